The van der Waals surface area contributed by atoms with E-state index in [1.807, 2.05) is 6.08 Å². The molecule has 0 heterocycles. The van der Waals surface area contributed by atoms with Crippen LogP contribution >= 0.6 is 0 Å². The molecular weight excluding hydrogens is 176 g/mol. The number of carboxylic acids is 1. The minimum atomic E-state index is -0.677. The highest BCUT2D eigenvalue weighted by molar-refractivity contribution is 5.66. The van der Waals surface area contributed by atoms with Gasteiger partial charge in [-0.3, -0.25) is 4.79 Å². The molecule has 1 N–H and O–H groups in total. The van der Waals surface area contributed by atoms with E-state index in [9.17, 15) is 4.79 Å². The van der Waals surface area contributed by atoms with Crippen molar-refractivity contribution in [2.45, 2.75) is 51.9 Å². The third-order valence-electron chi connectivity index (χ3n) is 2.46. The van der Waals surface area contributed by atoms with Gasteiger partial charge in [0.25, 0.3) is 0 Å². The first kappa shape index (κ1) is 13.2. The lowest BCUT2D eigenvalue weighted by molar-refractivity contribution is -0.137. The van der Waals surface area contributed by atoms with Crippen molar-refractivity contribution in [3.8, 4) is 0 Å². The van der Waals surface area contributed by atoms with Gasteiger partial charge >= 0.3 is 5.97 Å². The first-order chi connectivity index (χ1) is 6.66. The monoisotopic (exact) mass is 198 g/mol. The summed E-state index contributed by atoms with van der Waals surface area (Å²) in [6.07, 6.45) is 9.01. The van der Waals surface area contributed by atoms with E-state index in [2.05, 4.69) is 13.5 Å². The van der Waals surface area contributed by atoms with E-state index < -0.39 is 5.97 Å². The summed E-state index contributed by atoms with van der Waals surface area (Å²) in [7, 11) is 0. The molecule has 0 amide bonds. The van der Waals surface area contributed by atoms with E-state index >= 15 is 0 Å². The fourth-order valence-corrected chi connectivity index (χ4v) is 1.47. The number of hydrogen-bond donors (Lipinski definition) is 1. The third-order valence-corrected chi connectivity index (χ3v) is 2.46. The highest BCUT2D eigenvalue weighted by Gasteiger charge is 2.04. The van der Waals surface area contributed by atoms with Crippen LogP contribution in [0.3, 0.4) is 0 Å². The number of rotatable bonds is 9. The van der Waals surface area contributed by atoms with Crippen LogP contribution < -0.4 is 0 Å². The van der Waals surface area contributed by atoms with Crippen molar-refractivity contribution in [1.29, 1.82) is 0 Å². The van der Waals surface area contributed by atoms with E-state index in [-0.39, 0.29) is 0 Å². The molecule has 0 radical (unpaired) electrons. The van der Waals surface area contributed by atoms with Gasteiger partial charge in [-0.05, 0) is 25.2 Å². The summed E-state index contributed by atoms with van der Waals surface area (Å²) < 4.78 is 0. The molecule has 0 fully saturated rings. The highest BCUT2D eigenvalue weighted by atomic mass is 16.4. The molecule has 0 rings (SSSR count). The Morgan fingerprint density at radius 1 is 1.36 bits per heavy atom. The molecule has 82 valence electrons. The van der Waals surface area contributed by atoms with Crippen LogP contribution in [0.25, 0.3) is 0 Å². The molecule has 0 aromatic rings. The average molecular weight is 198 g/mol. The molecule has 1 atom stereocenters. The quantitative estimate of drug-likeness (QED) is 0.454. The summed E-state index contributed by atoms with van der Waals surface area (Å²) in [5.41, 5.74) is 0. The Morgan fingerprint density at radius 2 is 2.07 bits per heavy atom. The second-order valence-electron chi connectivity index (χ2n) is 3.96. The van der Waals surface area contributed by atoms with Gasteiger partial charge in [0.05, 0.1) is 0 Å². The number of hydrogen-bond acceptors (Lipinski definition) is 1. The van der Waals surface area contributed by atoms with Crippen LogP contribution in [0.1, 0.15) is 51.9 Å². The minimum Gasteiger partial charge on any atom is -0.481 e. The Bertz CT molecular complexity index is 164. The van der Waals surface area contributed by atoms with Crippen molar-refractivity contribution in [3.63, 3.8) is 0 Å². The molecule has 0 spiro atoms. The number of allylic oxidation sites excluding steroid dienone is 1. The SMILES string of the molecule is C=CCCCCCC(C)CCC(=O)O. The van der Waals surface area contributed by atoms with Crippen molar-refractivity contribution in [2.75, 3.05) is 0 Å². The van der Waals surface area contributed by atoms with Crippen molar-refractivity contribution < 1.29 is 9.90 Å². The zero-order chi connectivity index (χ0) is 10.8. The molecular formula is C12H22O2. The van der Waals surface area contributed by atoms with Gasteiger partial charge in [-0.25, -0.2) is 0 Å². The smallest absolute Gasteiger partial charge is 0.303 e. The maximum Gasteiger partial charge on any atom is 0.303 e. The number of carboxylic acid groups (broad SMARTS) is 1. The Kier molecular flexibility index (Phi) is 8.30. The van der Waals surface area contributed by atoms with E-state index in [1.54, 1.807) is 0 Å². The predicted molar refractivity (Wildman–Crippen MR) is 59.3 cm³/mol. The van der Waals surface area contributed by atoms with E-state index in [4.69, 9.17) is 5.11 Å². The van der Waals surface area contributed by atoms with E-state index in [0.717, 1.165) is 19.3 Å². The maximum absolute atomic E-state index is 10.3. The van der Waals surface area contributed by atoms with Crippen molar-refractivity contribution in [2.24, 2.45) is 5.92 Å². The van der Waals surface area contributed by atoms with Gasteiger partial charge in [-0.2, -0.15) is 0 Å². The number of aliphatic carboxylic acids is 1. The summed E-state index contributed by atoms with van der Waals surface area (Å²) in [5.74, 6) is -0.127. The second kappa shape index (κ2) is 8.79. The standard InChI is InChI=1S/C12H22O2/c1-3-4-5-6-7-8-11(2)9-10-12(13)14/h3,11H,1,4-10H2,2H3,(H,13,14). The molecule has 0 aromatic carbocycles. The van der Waals surface area contributed by atoms with Crippen molar-refractivity contribution >= 4 is 5.97 Å². The number of unbranched alkanes of at least 4 members (excludes halogenated alkanes) is 3. The zero-order valence-electron chi connectivity index (χ0n) is 9.17. The molecule has 0 aromatic heterocycles. The second-order valence-corrected chi connectivity index (χ2v) is 3.96. The molecule has 0 saturated heterocycles. The Balaban J connectivity index is 3.21. The Morgan fingerprint density at radius 3 is 2.64 bits per heavy atom. The topological polar surface area (TPSA) is 37.3 Å². The normalized spacial score (nSPS) is 12.4. The summed E-state index contributed by atoms with van der Waals surface area (Å²) in [6, 6.07) is 0. The van der Waals surface area contributed by atoms with Crippen molar-refractivity contribution in [1.82, 2.24) is 0 Å². The fourth-order valence-electron chi connectivity index (χ4n) is 1.47. The zero-order valence-corrected chi connectivity index (χ0v) is 9.17. The predicted octanol–water partition coefficient (Wildman–Crippen LogP) is 3.62. The maximum atomic E-state index is 10.3. The molecule has 0 aliphatic rings. The minimum absolute atomic E-state index is 0.313. The van der Waals surface area contributed by atoms with Gasteiger partial charge < -0.3 is 5.11 Å². The van der Waals surface area contributed by atoms with Gasteiger partial charge in [0, 0.05) is 6.42 Å². The molecule has 0 bridgehead atoms. The Labute approximate surface area is 87.0 Å². The van der Waals surface area contributed by atoms with Gasteiger partial charge in [0.1, 0.15) is 0 Å². The molecule has 14 heavy (non-hydrogen) atoms. The van der Waals surface area contributed by atoms with Crippen LogP contribution in [-0.2, 0) is 4.79 Å². The third kappa shape index (κ3) is 9.30. The summed E-state index contributed by atoms with van der Waals surface area (Å²) >= 11 is 0. The molecule has 1 unspecified atom stereocenters. The lowest BCUT2D eigenvalue weighted by atomic mass is 9.98. The largest absolute Gasteiger partial charge is 0.481 e. The lowest BCUT2D eigenvalue weighted by Gasteiger charge is -2.08. The molecule has 0 aliphatic carbocycles. The molecule has 2 heteroatoms. The fraction of sp³-hybridized carbons (Fsp3) is 0.750. The highest BCUT2D eigenvalue weighted by Crippen LogP contribution is 2.15. The Hall–Kier alpha value is -0.790. The van der Waals surface area contributed by atoms with Crippen LogP contribution in [-0.4, -0.2) is 11.1 Å². The molecule has 2 nitrogen and oxygen atoms in total. The first-order valence-corrected chi connectivity index (χ1v) is 5.49. The summed E-state index contributed by atoms with van der Waals surface area (Å²) in [5, 5.41) is 8.49. The van der Waals surface area contributed by atoms with E-state index in [0.29, 0.717) is 12.3 Å². The van der Waals surface area contributed by atoms with Crippen LogP contribution in [0.15, 0.2) is 12.7 Å². The van der Waals surface area contributed by atoms with Gasteiger partial charge in [0.15, 0.2) is 0 Å². The molecule has 0 aliphatic heterocycles. The van der Waals surface area contributed by atoms with Crippen LogP contribution in [0, 0.1) is 5.92 Å². The van der Waals surface area contributed by atoms with Crippen LogP contribution in [0.4, 0.5) is 0 Å². The van der Waals surface area contributed by atoms with Gasteiger partial charge in [-0.15, -0.1) is 6.58 Å². The number of carbonyl (C=O) groups is 1. The molecule has 0 saturated carbocycles. The summed E-state index contributed by atoms with van der Waals surface area (Å²) in [4.78, 5) is 10.3. The lowest BCUT2D eigenvalue weighted by Crippen LogP contribution is -2.01. The van der Waals surface area contributed by atoms with Gasteiger partial charge in [0.2, 0.25) is 0 Å². The van der Waals surface area contributed by atoms with E-state index in [1.165, 1.54) is 19.3 Å². The van der Waals surface area contributed by atoms with Crippen LogP contribution in [0.5, 0.6) is 0 Å². The van der Waals surface area contributed by atoms with Gasteiger partial charge in [-0.1, -0.05) is 32.3 Å². The van der Waals surface area contributed by atoms with Crippen LogP contribution in [0.2, 0.25) is 0 Å². The summed E-state index contributed by atoms with van der Waals surface area (Å²) in [6.45, 7) is 5.81. The van der Waals surface area contributed by atoms with Crippen molar-refractivity contribution in [3.05, 3.63) is 12.7 Å². The first-order valence-electron chi connectivity index (χ1n) is 5.49. The average Bonchev–Trinajstić information content (AvgIpc) is 2.14.